The minimum Gasteiger partial charge on any atom is -0.496 e. The zero-order valence-electron chi connectivity index (χ0n) is 11.2. The number of anilines is 2. The first-order chi connectivity index (χ1) is 9.55. The lowest BCUT2D eigenvalue weighted by Gasteiger charge is -2.12. The van der Waals surface area contributed by atoms with Gasteiger partial charge in [-0.1, -0.05) is 0 Å². The Bertz CT molecular complexity index is 636. The van der Waals surface area contributed by atoms with Crippen molar-refractivity contribution in [3.8, 4) is 5.75 Å². The Kier molecular flexibility index (Phi) is 4.72. The summed E-state index contributed by atoms with van der Waals surface area (Å²) in [6.45, 7) is 0. The van der Waals surface area contributed by atoms with Gasteiger partial charge >= 0.3 is 0 Å². The van der Waals surface area contributed by atoms with E-state index in [1.165, 1.54) is 0 Å². The molecule has 0 amide bonds. The zero-order valence-corrected chi connectivity index (χ0v) is 13.6. The van der Waals surface area contributed by atoms with E-state index in [0.29, 0.717) is 12.2 Å². The van der Waals surface area contributed by atoms with Crippen LogP contribution in [0.1, 0.15) is 11.1 Å². The highest BCUT2D eigenvalue weighted by Crippen LogP contribution is 2.36. The van der Waals surface area contributed by atoms with Crippen LogP contribution < -0.4 is 16.2 Å². The van der Waals surface area contributed by atoms with Crippen LogP contribution in [0.3, 0.4) is 0 Å². The van der Waals surface area contributed by atoms with Gasteiger partial charge in [0.25, 0.3) is 0 Å². The van der Waals surface area contributed by atoms with Crippen molar-refractivity contribution >= 4 is 39.5 Å². The predicted molar refractivity (Wildman–Crippen MR) is 86.1 cm³/mol. The predicted octanol–water partition coefficient (Wildman–Crippen LogP) is 2.72. The van der Waals surface area contributed by atoms with Gasteiger partial charge in [0.05, 0.1) is 12.0 Å². The van der Waals surface area contributed by atoms with E-state index in [1.54, 1.807) is 25.1 Å². The van der Waals surface area contributed by atoms with Crippen molar-refractivity contribution in [1.29, 1.82) is 0 Å². The topological polar surface area (TPSA) is 87.0 Å². The summed E-state index contributed by atoms with van der Waals surface area (Å²) in [5.74, 6) is 1.42. The number of nitrogen functional groups attached to an aromatic ring is 2. The molecule has 1 aromatic heterocycles. The van der Waals surface area contributed by atoms with E-state index in [-0.39, 0.29) is 5.95 Å². The molecule has 0 aliphatic rings. The molecule has 20 heavy (non-hydrogen) atoms. The summed E-state index contributed by atoms with van der Waals surface area (Å²) in [4.78, 5) is 9.01. The van der Waals surface area contributed by atoms with Gasteiger partial charge in [0.2, 0.25) is 5.95 Å². The molecule has 106 valence electrons. The second kappa shape index (κ2) is 6.32. The molecule has 1 heterocycles. The number of hydrogen-bond acceptors (Lipinski definition) is 6. The number of benzene rings is 1. The molecule has 0 radical (unpaired) electrons. The number of nitrogens with zero attached hydrogens (tertiary/aromatic N) is 2. The molecule has 0 aliphatic heterocycles. The highest BCUT2D eigenvalue weighted by molar-refractivity contribution is 9.10. The van der Waals surface area contributed by atoms with Crippen LogP contribution in [-0.2, 0) is 6.42 Å². The van der Waals surface area contributed by atoms with Crippen LogP contribution in [-0.4, -0.2) is 23.3 Å². The summed E-state index contributed by atoms with van der Waals surface area (Å²) in [6, 6.07) is 4.04. The minimum absolute atomic E-state index is 0.183. The van der Waals surface area contributed by atoms with Crippen LogP contribution in [0.25, 0.3) is 0 Å². The van der Waals surface area contributed by atoms with Crippen molar-refractivity contribution in [2.45, 2.75) is 11.3 Å². The van der Waals surface area contributed by atoms with E-state index in [1.807, 2.05) is 18.4 Å². The summed E-state index contributed by atoms with van der Waals surface area (Å²) in [5, 5.41) is 0. The van der Waals surface area contributed by atoms with Gasteiger partial charge in [-0.3, -0.25) is 0 Å². The Hall–Kier alpha value is -1.47. The Morgan fingerprint density at radius 2 is 2.10 bits per heavy atom. The van der Waals surface area contributed by atoms with Crippen molar-refractivity contribution in [3.05, 3.63) is 33.9 Å². The van der Waals surface area contributed by atoms with E-state index < -0.39 is 0 Å². The molecule has 0 atom stereocenters. The van der Waals surface area contributed by atoms with Gasteiger partial charge in [0.1, 0.15) is 11.6 Å². The van der Waals surface area contributed by atoms with Crippen molar-refractivity contribution < 1.29 is 4.74 Å². The van der Waals surface area contributed by atoms with E-state index in [4.69, 9.17) is 16.2 Å². The third kappa shape index (κ3) is 3.16. The van der Waals surface area contributed by atoms with Crippen molar-refractivity contribution in [1.82, 2.24) is 9.97 Å². The number of aromatic nitrogens is 2. The minimum atomic E-state index is 0.183. The summed E-state index contributed by atoms with van der Waals surface area (Å²) in [6.07, 6.45) is 4.28. The number of hydrogen-bond donors (Lipinski definition) is 2. The number of ether oxygens (including phenoxy) is 1. The molecule has 5 nitrogen and oxygen atoms in total. The first-order valence-corrected chi connectivity index (χ1v) is 7.84. The second-order valence-electron chi connectivity index (χ2n) is 4.13. The molecule has 0 fully saturated rings. The lowest BCUT2D eigenvalue weighted by Crippen LogP contribution is -2.04. The van der Waals surface area contributed by atoms with Crippen LogP contribution in [0.2, 0.25) is 0 Å². The molecular formula is C13H15BrN4OS. The van der Waals surface area contributed by atoms with E-state index in [0.717, 1.165) is 26.2 Å². The Morgan fingerprint density at radius 3 is 2.70 bits per heavy atom. The van der Waals surface area contributed by atoms with Crippen LogP contribution in [0.15, 0.2) is 27.7 Å². The molecule has 2 aromatic rings. The van der Waals surface area contributed by atoms with Gasteiger partial charge in [-0.25, -0.2) is 4.98 Å². The Morgan fingerprint density at radius 1 is 1.35 bits per heavy atom. The normalized spacial score (nSPS) is 10.6. The first-order valence-electron chi connectivity index (χ1n) is 5.82. The van der Waals surface area contributed by atoms with E-state index in [9.17, 15) is 0 Å². The molecule has 0 saturated heterocycles. The monoisotopic (exact) mass is 354 g/mol. The smallest absolute Gasteiger partial charge is 0.221 e. The SMILES string of the molecule is COc1cc(Cc2cnc(N)nc2N)cc(Br)c1SC. The average Bonchev–Trinajstić information content (AvgIpc) is 2.41. The third-order valence-electron chi connectivity index (χ3n) is 2.80. The molecule has 0 aliphatic carbocycles. The fraction of sp³-hybridized carbons (Fsp3) is 0.231. The number of rotatable bonds is 4. The van der Waals surface area contributed by atoms with Gasteiger partial charge in [0, 0.05) is 22.7 Å². The summed E-state index contributed by atoms with van der Waals surface area (Å²) >= 11 is 5.19. The lowest BCUT2D eigenvalue weighted by atomic mass is 10.1. The summed E-state index contributed by atoms with van der Waals surface area (Å²) in [5.41, 5.74) is 13.3. The van der Waals surface area contributed by atoms with Gasteiger partial charge in [-0.05, 0) is 39.9 Å². The summed E-state index contributed by atoms with van der Waals surface area (Å²) in [7, 11) is 1.66. The largest absolute Gasteiger partial charge is 0.496 e. The molecule has 0 bridgehead atoms. The van der Waals surface area contributed by atoms with Gasteiger partial charge in [-0.15, -0.1) is 11.8 Å². The first kappa shape index (κ1) is 14.9. The maximum absolute atomic E-state index is 5.86. The number of nitrogens with two attached hydrogens (primary N) is 2. The van der Waals surface area contributed by atoms with Crippen LogP contribution in [0.4, 0.5) is 11.8 Å². The van der Waals surface area contributed by atoms with Gasteiger partial charge in [0.15, 0.2) is 0 Å². The number of methoxy groups -OCH3 is 1. The van der Waals surface area contributed by atoms with E-state index in [2.05, 4.69) is 25.9 Å². The van der Waals surface area contributed by atoms with Crippen molar-refractivity contribution in [2.75, 3.05) is 24.8 Å². The molecule has 0 spiro atoms. The van der Waals surface area contributed by atoms with Crippen LogP contribution >= 0.6 is 27.7 Å². The highest BCUT2D eigenvalue weighted by Gasteiger charge is 2.11. The standard InChI is InChI=1S/C13H15BrN4OS/c1-19-10-5-7(4-9(14)11(10)20-2)3-8-6-17-13(16)18-12(8)15/h4-6H,3H2,1-2H3,(H4,15,16,17,18). The van der Waals surface area contributed by atoms with Crippen LogP contribution in [0.5, 0.6) is 5.75 Å². The van der Waals surface area contributed by atoms with Crippen LogP contribution in [0, 0.1) is 0 Å². The third-order valence-corrected chi connectivity index (χ3v) is 4.52. The fourth-order valence-electron chi connectivity index (χ4n) is 1.86. The maximum atomic E-state index is 5.86. The van der Waals surface area contributed by atoms with Crippen molar-refractivity contribution in [3.63, 3.8) is 0 Å². The highest BCUT2D eigenvalue weighted by atomic mass is 79.9. The van der Waals surface area contributed by atoms with Gasteiger partial charge < -0.3 is 16.2 Å². The van der Waals surface area contributed by atoms with Crippen molar-refractivity contribution in [2.24, 2.45) is 0 Å². The van der Waals surface area contributed by atoms with E-state index >= 15 is 0 Å². The Labute approximate surface area is 130 Å². The molecule has 1 aromatic carbocycles. The zero-order chi connectivity index (χ0) is 14.7. The Balaban J connectivity index is 2.36. The molecule has 2 rings (SSSR count). The molecule has 7 heteroatoms. The lowest BCUT2D eigenvalue weighted by molar-refractivity contribution is 0.404. The molecule has 4 N–H and O–H groups in total. The fourth-order valence-corrected chi connectivity index (χ4v) is 3.44. The molecule has 0 saturated carbocycles. The maximum Gasteiger partial charge on any atom is 0.221 e. The number of thioether (sulfide) groups is 1. The summed E-state index contributed by atoms with van der Waals surface area (Å²) < 4.78 is 6.41. The number of halogens is 1. The molecule has 0 unspecified atom stereocenters. The van der Waals surface area contributed by atoms with Gasteiger partial charge in [-0.2, -0.15) is 4.98 Å². The quantitative estimate of drug-likeness (QED) is 0.820. The average molecular weight is 355 g/mol. The second-order valence-corrected chi connectivity index (χ2v) is 5.80. The molecular weight excluding hydrogens is 340 g/mol.